The number of nitrogens with zero attached hydrogens (tertiary/aromatic N) is 2. The molecule has 2 atom stereocenters. The highest BCUT2D eigenvalue weighted by Gasteiger charge is 2.37. The van der Waals surface area contributed by atoms with Crippen LogP contribution in [0.5, 0.6) is 0 Å². The van der Waals surface area contributed by atoms with Gasteiger partial charge in [0.25, 0.3) is 0 Å². The second-order valence-electron chi connectivity index (χ2n) is 5.43. The molecule has 5 heteroatoms. The summed E-state index contributed by atoms with van der Waals surface area (Å²) in [7, 11) is 1.68. The normalized spacial score (nSPS) is 28.0. The number of piperidine rings is 1. The van der Waals surface area contributed by atoms with E-state index in [0.29, 0.717) is 11.7 Å². The van der Waals surface area contributed by atoms with Gasteiger partial charge < -0.3 is 14.6 Å². The van der Waals surface area contributed by atoms with E-state index in [9.17, 15) is 0 Å². The van der Waals surface area contributed by atoms with Crippen molar-refractivity contribution >= 4 is 0 Å². The number of aromatic nitrogens is 2. The van der Waals surface area contributed by atoms with Gasteiger partial charge >= 0.3 is 0 Å². The quantitative estimate of drug-likeness (QED) is 0.892. The Labute approximate surface area is 108 Å². The molecule has 2 heterocycles. The fourth-order valence-corrected chi connectivity index (χ4v) is 2.29. The maximum atomic E-state index is 5.50. The smallest absolute Gasteiger partial charge is 0.246 e. The number of hydrogen-bond donors (Lipinski definition) is 1. The second kappa shape index (κ2) is 4.97. The molecule has 1 aliphatic rings. The number of nitrogens with one attached hydrogen (secondary N) is 1. The average molecular weight is 253 g/mol. The predicted octanol–water partition coefficient (Wildman–Crippen LogP) is 2.33. The molecule has 1 aliphatic heterocycles. The van der Waals surface area contributed by atoms with Crippen LogP contribution in [0.2, 0.25) is 0 Å². The molecule has 2 unspecified atom stereocenters. The summed E-state index contributed by atoms with van der Waals surface area (Å²) in [6.45, 7) is 7.17. The van der Waals surface area contributed by atoms with E-state index in [0.717, 1.165) is 19.4 Å². The number of hydrogen-bond acceptors (Lipinski definition) is 5. The van der Waals surface area contributed by atoms with Crippen molar-refractivity contribution in [1.82, 2.24) is 15.5 Å². The minimum Gasteiger partial charge on any atom is -0.370 e. The van der Waals surface area contributed by atoms with Crippen molar-refractivity contribution in [2.24, 2.45) is 0 Å². The van der Waals surface area contributed by atoms with Crippen LogP contribution in [0.4, 0.5) is 0 Å². The summed E-state index contributed by atoms with van der Waals surface area (Å²) in [6, 6.07) is 0. The highest BCUT2D eigenvalue weighted by molar-refractivity contribution is 5.06. The minimum absolute atomic E-state index is 0.189. The molecule has 18 heavy (non-hydrogen) atoms. The summed E-state index contributed by atoms with van der Waals surface area (Å²) >= 11 is 0. The van der Waals surface area contributed by atoms with Gasteiger partial charge in [0, 0.05) is 7.11 Å². The zero-order valence-electron chi connectivity index (χ0n) is 11.7. The molecule has 1 N–H and O–H groups in total. The molecule has 102 valence electrons. The van der Waals surface area contributed by atoms with Crippen molar-refractivity contribution in [3.05, 3.63) is 11.7 Å². The first-order valence-electron chi connectivity index (χ1n) is 6.69. The fraction of sp³-hybridized carbons (Fsp3) is 0.846. The molecule has 1 fully saturated rings. The van der Waals surface area contributed by atoms with Crippen LogP contribution in [-0.4, -0.2) is 23.8 Å². The summed E-state index contributed by atoms with van der Waals surface area (Å²) in [5.41, 5.74) is -0.654. The topological polar surface area (TPSA) is 60.2 Å². The summed E-state index contributed by atoms with van der Waals surface area (Å²) in [6.07, 6.45) is 4.24. The Balaban J connectivity index is 2.24. The lowest BCUT2D eigenvalue weighted by molar-refractivity contribution is -0.0106. The van der Waals surface area contributed by atoms with E-state index in [1.165, 1.54) is 12.8 Å². The van der Waals surface area contributed by atoms with E-state index in [1.807, 2.05) is 6.92 Å². The van der Waals surface area contributed by atoms with Gasteiger partial charge in [0.1, 0.15) is 5.60 Å². The predicted molar refractivity (Wildman–Crippen MR) is 68.2 cm³/mol. The van der Waals surface area contributed by atoms with Gasteiger partial charge in [-0.1, -0.05) is 12.1 Å². The highest BCUT2D eigenvalue weighted by Crippen LogP contribution is 2.31. The molecule has 1 aromatic heterocycles. The van der Waals surface area contributed by atoms with Crippen LogP contribution < -0.4 is 5.32 Å². The van der Waals surface area contributed by atoms with Gasteiger partial charge in [-0.05, 0) is 46.1 Å². The Morgan fingerprint density at radius 1 is 1.50 bits per heavy atom. The van der Waals surface area contributed by atoms with Crippen LogP contribution in [0.1, 0.15) is 58.2 Å². The molecule has 0 amide bonds. The number of methoxy groups -OCH3 is 1. The molecule has 0 bridgehead atoms. The molecular weight excluding hydrogens is 230 g/mol. The van der Waals surface area contributed by atoms with Gasteiger partial charge in [-0.15, -0.1) is 0 Å². The first-order chi connectivity index (χ1) is 8.54. The zero-order valence-corrected chi connectivity index (χ0v) is 11.7. The zero-order chi connectivity index (χ0) is 13.2. The van der Waals surface area contributed by atoms with Crippen LogP contribution in [0.3, 0.4) is 0 Å². The Hall–Kier alpha value is -0.940. The minimum atomic E-state index is -0.465. The maximum absolute atomic E-state index is 5.50. The molecule has 0 aliphatic carbocycles. The van der Waals surface area contributed by atoms with Gasteiger partial charge in [-0.3, -0.25) is 0 Å². The number of ether oxygens (including phenoxy) is 1. The average Bonchev–Trinajstić information content (AvgIpc) is 2.89. The third-order valence-electron chi connectivity index (χ3n) is 4.11. The second-order valence-corrected chi connectivity index (χ2v) is 5.43. The molecule has 0 saturated carbocycles. The van der Waals surface area contributed by atoms with E-state index in [-0.39, 0.29) is 5.54 Å². The van der Waals surface area contributed by atoms with Crippen LogP contribution in [0, 0.1) is 0 Å². The largest absolute Gasteiger partial charge is 0.370 e. The number of rotatable bonds is 4. The van der Waals surface area contributed by atoms with Crippen molar-refractivity contribution < 1.29 is 9.26 Å². The summed E-state index contributed by atoms with van der Waals surface area (Å²) < 4.78 is 11.0. The van der Waals surface area contributed by atoms with Crippen molar-refractivity contribution in [2.45, 2.75) is 57.6 Å². The van der Waals surface area contributed by atoms with Gasteiger partial charge in [-0.25, -0.2) is 0 Å². The summed E-state index contributed by atoms with van der Waals surface area (Å²) in [4.78, 5) is 4.55. The maximum Gasteiger partial charge on any atom is 0.246 e. The summed E-state index contributed by atoms with van der Waals surface area (Å²) in [5, 5.41) is 7.57. The van der Waals surface area contributed by atoms with Crippen LogP contribution in [0.15, 0.2) is 4.52 Å². The Morgan fingerprint density at radius 3 is 2.83 bits per heavy atom. The highest BCUT2D eigenvalue weighted by atomic mass is 16.5. The van der Waals surface area contributed by atoms with E-state index >= 15 is 0 Å². The Bertz CT molecular complexity index is 393. The first kappa shape index (κ1) is 13.5. The third kappa shape index (κ3) is 2.29. The van der Waals surface area contributed by atoms with Crippen molar-refractivity contribution in [2.75, 3.05) is 13.7 Å². The molecule has 0 aromatic carbocycles. The molecular formula is C13H23N3O2. The van der Waals surface area contributed by atoms with Crippen molar-refractivity contribution in [3.8, 4) is 0 Å². The lowest BCUT2D eigenvalue weighted by Gasteiger charge is -2.31. The van der Waals surface area contributed by atoms with E-state index in [2.05, 4.69) is 29.3 Å². The molecule has 1 aromatic rings. The SMILES string of the molecule is CCC(C)(OC)c1noc(C2(C)CCCCN2)n1. The monoisotopic (exact) mass is 253 g/mol. The first-order valence-corrected chi connectivity index (χ1v) is 6.69. The lowest BCUT2D eigenvalue weighted by Crippen LogP contribution is -2.43. The van der Waals surface area contributed by atoms with Crippen LogP contribution in [-0.2, 0) is 15.9 Å². The molecule has 1 saturated heterocycles. The standard InChI is InChI=1S/C13H23N3O2/c1-5-13(3,17-4)10-15-11(18-16-10)12(2)8-6-7-9-14-12/h14H,5-9H2,1-4H3. The Kier molecular flexibility index (Phi) is 3.73. The summed E-state index contributed by atoms with van der Waals surface area (Å²) in [5.74, 6) is 1.31. The molecule has 2 rings (SSSR count). The van der Waals surface area contributed by atoms with Crippen molar-refractivity contribution in [3.63, 3.8) is 0 Å². The van der Waals surface area contributed by atoms with Crippen LogP contribution >= 0.6 is 0 Å². The van der Waals surface area contributed by atoms with E-state index in [1.54, 1.807) is 7.11 Å². The lowest BCUT2D eigenvalue weighted by atomic mass is 9.91. The van der Waals surface area contributed by atoms with E-state index in [4.69, 9.17) is 9.26 Å². The molecule has 5 nitrogen and oxygen atoms in total. The van der Waals surface area contributed by atoms with Crippen molar-refractivity contribution in [1.29, 1.82) is 0 Å². The fourth-order valence-electron chi connectivity index (χ4n) is 2.29. The third-order valence-corrected chi connectivity index (χ3v) is 4.11. The van der Waals surface area contributed by atoms with Gasteiger partial charge in [0.2, 0.25) is 11.7 Å². The van der Waals surface area contributed by atoms with Gasteiger partial charge in [-0.2, -0.15) is 4.98 Å². The van der Waals surface area contributed by atoms with Gasteiger partial charge in [0.15, 0.2) is 0 Å². The van der Waals surface area contributed by atoms with Crippen LogP contribution in [0.25, 0.3) is 0 Å². The van der Waals surface area contributed by atoms with Gasteiger partial charge in [0.05, 0.1) is 5.54 Å². The van der Waals surface area contributed by atoms with E-state index < -0.39 is 5.60 Å². The molecule has 0 spiro atoms. The Morgan fingerprint density at radius 2 is 2.28 bits per heavy atom. The molecule has 0 radical (unpaired) electrons.